The van der Waals surface area contributed by atoms with Gasteiger partial charge in [-0.1, -0.05) is 26.7 Å². The Bertz CT molecular complexity index is 301. The first kappa shape index (κ1) is 13.9. The van der Waals surface area contributed by atoms with Gasteiger partial charge in [-0.05, 0) is 44.6 Å². The van der Waals surface area contributed by atoms with Crippen LogP contribution in [0.2, 0.25) is 0 Å². The molecule has 2 rings (SSSR count). The predicted octanol–water partition coefficient (Wildman–Crippen LogP) is 2.46. The topological polar surface area (TPSA) is 41.1 Å². The first-order chi connectivity index (χ1) is 8.49. The Morgan fingerprint density at radius 1 is 1.28 bits per heavy atom. The van der Waals surface area contributed by atoms with Crippen LogP contribution < -0.4 is 10.6 Å². The second-order valence-electron chi connectivity index (χ2n) is 6.87. The summed E-state index contributed by atoms with van der Waals surface area (Å²) in [6.45, 7) is 7.74. The van der Waals surface area contributed by atoms with Gasteiger partial charge in [0.2, 0.25) is 5.91 Å². The average Bonchev–Trinajstić information content (AvgIpc) is 2.31. The fraction of sp³-hybridized carbons (Fsp3) is 0.933. The van der Waals surface area contributed by atoms with Gasteiger partial charge in [0, 0.05) is 18.0 Å². The predicted molar refractivity (Wildman–Crippen MR) is 74.4 cm³/mol. The summed E-state index contributed by atoms with van der Waals surface area (Å²) in [5.74, 6) is 0.516. The van der Waals surface area contributed by atoms with Crippen LogP contribution in [0, 0.1) is 11.3 Å². The molecule has 1 unspecified atom stereocenters. The molecule has 1 saturated carbocycles. The van der Waals surface area contributed by atoms with Crippen molar-refractivity contribution in [3.63, 3.8) is 0 Å². The van der Waals surface area contributed by atoms with Crippen LogP contribution in [0.3, 0.4) is 0 Å². The second-order valence-corrected chi connectivity index (χ2v) is 6.87. The lowest BCUT2D eigenvalue weighted by Gasteiger charge is -2.40. The third-order valence-corrected chi connectivity index (χ3v) is 4.82. The third kappa shape index (κ3) is 3.25. The van der Waals surface area contributed by atoms with Crippen molar-refractivity contribution in [3.05, 3.63) is 0 Å². The Balaban J connectivity index is 1.89. The molecule has 1 aliphatic carbocycles. The molecule has 2 aliphatic rings. The van der Waals surface area contributed by atoms with Gasteiger partial charge in [0.1, 0.15) is 0 Å². The molecule has 18 heavy (non-hydrogen) atoms. The molecular weight excluding hydrogens is 224 g/mol. The molecule has 0 spiro atoms. The Morgan fingerprint density at radius 3 is 2.72 bits per heavy atom. The average molecular weight is 252 g/mol. The quantitative estimate of drug-likeness (QED) is 0.792. The van der Waals surface area contributed by atoms with E-state index in [9.17, 15) is 4.79 Å². The van der Waals surface area contributed by atoms with E-state index in [0.717, 1.165) is 25.8 Å². The zero-order chi connectivity index (χ0) is 13.2. The lowest BCUT2D eigenvalue weighted by atomic mass is 9.73. The van der Waals surface area contributed by atoms with Crippen LogP contribution in [0.25, 0.3) is 0 Å². The van der Waals surface area contributed by atoms with Gasteiger partial charge < -0.3 is 10.6 Å². The molecule has 3 nitrogen and oxygen atoms in total. The number of carbonyl (C=O) groups is 1. The molecule has 1 saturated heterocycles. The maximum Gasteiger partial charge on any atom is 0.223 e. The molecule has 0 radical (unpaired) electrons. The van der Waals surface area contributed by atoms with Crippen LogP contribution >= 0.6 is 0 Å². The van der Waals surface area contributed by atoms with Crippen molar-refractivity contribution >= 4 is 5.91 Å². The van der Waals surface area contributed by atoms with Crippen LogP contribution in [-0.2, 0) is 4.79 Å². The minimum atomic E-state index is 0.221. The molecule has 104 valence electrons. The second kappa shape index (κ2) is 5.60. The molecule has 0 aromatic rings. The molecule has 1 amide bonds. The van der Waals surface area contributed by atoms with Gasteiger partial charge in [0.15, 0.2) is 0 Å². The fourth-order valence-electron chi connectivity index (χ4n) is 3.42. The molecule has 0 aromatic heterocycles. The SMILES string of the molecule is C[C@H]1C[C@@H](C(=O)NC2CCCCC2(C)C)CCN1. The molecule has 0 aromatic carbocycles. The highest BCUT2D eigenvalue weighted by Crippen LogP contribution is 2.35. The van der Waals surface area contributed by atoms with Gasteiger partial charge in [0.25, 0.3) is 0 Å². The van der Waals surface area contributed by atoms with Crippen LogP contribution in [0.15, 0.2) is 0 Å². The van der Waals surface area contributed by atoms with Crippen molar-refractivity contribution in [2.75, 3.05) is 6.54 Å². The van der Waals surface area contributed by atoms with Crippen molar-refractivity contribution in [1.29, 1.82) is 0 Å². The molecule has 3 heteroatoms. The van der Waals surface area contributed by atoms with E-state index in [2.05, 4.69) is 31.4 Å². The summed E-state index contributed by atoms with van der Waals surface area (Å²) in [6.07, 6.45) is 6.93. The highest BCUT2D eigenvalue weighted by atomic mass is 16.2. The van der Waals surface area contributed by atoms with Crippen molar-refractivity contribution in [3.8, 4) is 0 Å². The van der Waals surface area contributed by atoms with E-state index in [4.69, 9.17) is 0 Å². The molecule has 1 heterocycles. The Hall–Kier alpha value is -0.570. The number of carbonyl (C=O) groups excluding carboxylic acids is 1. The maximum absolute atomic E-state index is 12.4. The number of rotatable bonds is 2. The molecule has 1 aliphatic heterocycles. The van der Waals surface area contributed by atoms with E-state index < -0.39 is 0 Å². The Morgan fingerprint density at radius 2 is 2.06 bits per heavy atom. The Labute approximate surface area is 111 Å². The van der Waals surface area contributed by atoms with Crippen molar-refractivity contribution in [1.82, 2.24) is 10.6 Å². The van der Waals surface area contributed by atoms with E-state index >= 15 is 0 Å². The van der Waals surface area contributed by atoms with Gasteiger partial charge in [-0.3, -0.25) is 4.79 Å². The highest BCUT2D eigenvalue weighted by Gasteiger charge is 2.35. The van der Waals surface area contributed by atoms with Gasteiger partial charge in [-0.2, -0.15) is 0 Å². The fourth-order valence-corrected chi connectivity index (χ4v) is 3.42. The maximum atomic E-state index is 12.4. The van der Waals surface area contributed by atoms with Crippen molar-refractivity contribution in [2.24, 2.45) is 11.3 Å². The summed E-state index contributed by atoms with van der Waals surface area (Å²) >= 11 is 0. The third-order valence-electron chi connectivity index (χ3n) is 4.82. The smallest absolute Gasteiger partial charge is 0.223 e. The normalized spacial score (nSPS) is 36.1. The number of hydrogen-bond acceptors (Lipinski definition) is 2. The van der Waals surface area contributed by atoms with Gasteiger partial charge in [-0.15, -0.1) is 0 Å². The lowest BCUT2D eigenvalue weighted by molar-refractivity contribution is -0.128. The number of nitrogens with one attached hydrogen (secondary N) is 2. The molecule has 2 fully saturated rings. The molecular formula is C15H28N2O. The zero-order valence-electron chi connectivity index (χ0n) is 12.1. The summed E-state index contributed by atoms with van der Waals surface area (Å²) in [5.41, 5.74) is 0.270. The highest BCUT2D eigenvalue weighted by molar-refractivity contribution is 5.79. The molecule has 0 bridgehead atoms. The van der Waals surface area contributed by atoms with E-state index in [1.165, 1.54) is 19.3 Å². The van der Waals surface area contributed by atoms with E-state index in [1.54, 1.807) is 0 Å². The Kier molecular flexibility index (Phi) is 4.31. The van der Waals surface area contributed by atoms with Crippen molar-refractivity contribution in [2.45, 2.75) is 71.4 Å². The minimum Gasteiger partial charge on any atom is -0.353 e. The van der Waals surface area contributed by atoms with Gasteiger partial charge >= 0.3 is 0 Å². The van der Waals surface area contributed by atoms with E-state index in [-0.39, 0.29) is 11.3 Å². The summed E-state index contributed by atoms with van der Waals surface area (Å²) in [6, 6.07) is 0.859. The first-order valence-corrected chi connectivity index (χ1v) is 7.53. The van der Waals surface area contributed by atoms with Crippen molar-refractivity contribution < 1.29 is 4.79 Å². The van der Waals surface area contributed by atoms with Crippen LogP contribution in [-0.4, -0.2) is 24.5 Å². The lowest BCUT2D eigenvalue weighted by Crippen LogP contribution is -2.50. The van der Waals surface area contributed by atoms with Crippen LogP contribution in [0.1, 0.15) is 59.3 Å². The number of piperidine rings is 1. The summed E-state index contributed by atoms with van der Waals surface area (Å²) in [7, 11) is 0. The van der Waals surface area contributed by atoms with E-state index in [0.29, 0.717) is 18.0 Å². The van der Waals surface area contributed by atoms with Crippen LogP contribution in [0.5, 0.6) is 0 Å². The zero-order valence-corrected chi connectivity index (χ0v) is 12.1. The largest absolute Gasteiger partial charge is 0.353 e. The first-order valence-electron chi connectivity index (χ1n) is 7.53. The van der Waals surface area contributed by atoms with Gasteiger partial charge in [-0.25, -0.2) is 0 Å². The minimum absolute atomic E-state index is 0.221. The summed E-state index contributed by atoms with van der Waals surface area (Å²) in [4.78, 5) is 12.4. The molecule has 3 atom stereocenters. The number of amides is 1. The standard InChI is InChI=1S/C15H28N2O/c1-11-10-12(7-9-16-11)14(18)17-13-6-4-5-8-15(13,2)3/h11-13,16H,4-10H2,1-3H3,(H,17,18)/t11-,12-,13?/m0/s1. The molecule has 2 N–H and O–H groups in total. The number of hydrogen-bond donors (Lipinski definition) is 2. The summed E-state index contributed by atoms with van der Waals surface area (Å²) < 4.78 is 0. The van der Waals surface area contributed by atoms with E-state index in [1.807, 2.05) is 0 Å². The summed E-state index contributed by atoms with van der Waals surface area (Å²) in [5, 5.41) is 6.74. The monoisotopic (exact) mass is 252 g/mol. The van der Waals surface area contributed by atoms with Gasteiger partial charge in [0.05, 0.1) is 0 Å². The van der Waals surface area contributed by atoms with Crippen LogP contribution in [0.4, 0.5) is 0 Å².